The van der Waals surface area contributed by atoms with Crippen molar-refractivity contribution in [3.05, 3.63) is 58.9 Å². The summed E-state index contributed by atoms with van der Waals surface area (Å²) in [5.74, 6) is 0.0922. The first-order valence-corrected chi connectivity index (χ1v) is 6.09. The SMILES string of the molecule is COc1ccc(C(=O)c2ccc(OC)cc2F)c(C)c1. The second-order valence-electron chi connectivity index (χ2n) is 4.36. The lowest BCUT2D eigenvalue weighted by atomic mass is 9.98. The van der Waals surface area contributed by atoms with Crippen LogP contribution < -0.4 is 9.47 Å². The first-order valence-electron chi connectivity index (χ1n) is 6.09. The maximum Gasteiger partial charge on any atom is 0.196 e. The van der Waals surface area contributed by atoms with Crippen molar-refractivity contribution in [2.24, 2.45) is 0 Å². The molecule has 0 aliphatic rings. The summed E-state index contributed by atoms with van der Waals surface area (Å²) in [6.45, 7) is 1.79. The van der Waals surface area contributed by atoms with E-state index < -0.39 is 5.82 Å². The lowest BCUT2D eigenvalue weighted by Crippen LogP contribution is -2.06. The minimum Gasteiger partial charge on any atom is -0.497 e. The Labute approximate surface area is 117 Å². The largest absolute Gasteiger partial charge is 0.497 e. The van der Waals surface area contributed by atoms with Crippen molar-refractivity contribution in [2.75, 3.05) is 14.2 Å². The highest BCUT2D eigenvalue weighted by molar-refractivity contribution is 6.10. The van der Waals surface area contributed by atoms with Gasteiger partial charge >= 0.3 is 0 Å². The number of ketones is 1. The molecule has 2 aromatic rings. The van der Waals surface area contributed by atoms with Crippen LogP contribution in [0.3, 0.4) is 0 Å². The van der Waals surface area contributed by atoms with E-state index in [0.717, 1.165) is 5.56 Å². The molecule has 0 aliphatic carbocycles. The molecule has 0 fully saturated rings. The van der Waals surface area contributed by atoms with E-state index in [0.29, 0.717) is 17.1 Å². The van der Waals surface area contributed by atoms with Gasteiger partial charge in [-0.05, 0) is 42.8 Å². The van der Waals surface area contributed by atoms with Crippen LogP contribution in [0.4, 0.5) is 4.39 Å². The van der Waals surface area contributed by atoms with Crippen LogP contribution >= 0.6 is 0 Å². The maximum atomic E-state index is 13.9. The third-order valence-electron chi connectivity index (χ3n) is 3.10. The molecule has 0 aliphatic heterocycles. The second kappa shape index (κ2) is 5.74. The molecule has 2 rings (SSSR count). The van der Waals surface area contributed by atoms with Crippen LogP contribution in [0.5, 0.6) is 11.5 Å². The molecule has 0 saturated carbocycles. The van der Waals surface area contributed by atoms with Crippen LogP contribution in [0.15, 0.2) is 36.4 Å². The Bertz CT molecular complexity index is 595. The predicted octanol–water partition coefficient (Wildman–Crippen LogP) is 3.38. The van der Waals surface area contributed by atoms with Crippen LogP contribution in [-0.2, 0) is 0 Å². The van der Waals surface area contributed by atoms with E-state index in [9.17, 15) is 9.18 Å². The lowest BCUT2D eigenvalue weighted by molar-refractivity contribution is 0.103. The molecule has 0 heterocycles. The van der Waals surface area contributed by atoms with Crippen LogP contribution in [0.1, 0.15) is 21.5 Å². The van der Waals surface area contributed by atoms with Gasteiger partial charge in [-0.3, -0.25) is 4.79 Å². The predicted molar refractivity (Wildman–Crippen MR) is 74.1 cm³/mol. The first-order chi connectivity index (χ1) is 9.56. The van der Waals surface area contributed by atoms with Gasteiger partial charge in [0.25, 0.3) is 0 Å². The fourth-order valence-electron chi connectivity index (χ4n) is 1.97. The summed E-state index contributed by atoms with van der Waals surface area (Å²) in [4.78, 5) is 12.4. The summed E-state index contributed by atoms with van der Waals surface area (Å²) in [7, 11) is 3.00. The molecule has 0 N–H and O–H groups in total. The zero-order chi connectivity index (χ0) is 14.7. The highest BCUT2D eigenvalue weighted by Crippen LogP contribution is 2.23. The molecule has 4 heteroatoms. The molecule has 0 saturated heterocycles. The molecule has 0 bridgehead atoms. The minimum absolute atomic E-state index is 0.0269. The number of halogens is 1. The molecule has 0 spiro atoms. The monoisotopic (exact) mass is 274 g/mol. The molecule has 0 unspecified atom stereocenters. The zero-order valence-corrected chi connectivity index (χ0v) is 11.6. The molecule has 104 valence electrons. The standard InChI is InChI=1S/C16H15FO3/c1-10-8-11(19-2)4-6-13(10)16(18)14-7-5-12(20-3)9-15(14)17/h4-9H,1-3H3. The van der Waals surface area contributed by atoms with Crippen molar-refractivity contribution in [3.63, 3.8) is 0 Å². The molecular weight excluding hydrogens is 259 g/mol. The van der Waals surface area contributed by atoms with Gasteiger partial charge in [0.15, 0.2) is 5.78 Å². The van der Waals surface area contributed by atoms with Crippen molar-refractivity contribution in [3.8, 4) is 11.5 Å². The number of hydrogen-bond acceptors (Lipinski definition) is 3. The second-order valence-corrected chi connectivity index (χ2v) is 4.36. The zero-order valence-electron chi connectivity index (χ0n) is 11.6. The highest BCUT2D eigenvalue weighted by Gasteiger charge is 2.16. The number of methoxy groups -OCH3 is 2. The summed E-state index contributed by atoms with van der Waals surface area (Å²) in [5, 5.41) is 0. The Balaban J connectivity index is 2.41. The summed E-state index contributed by atoms with van der Waals surface area (Å²) in [6, 6.07) is 9.26. The number of ether oxygens (including phenoxy) is 2. The van der Waals surface area contributed by atoms with Gasteiger partial charge in [0, 0.05) is 11.6 Å². The normalized spacial score (nSPS) is 10.2. The van der Waals surface area contributed by atoms with Gasteiger partial charge < -0.3 is 9.47 Å². The van der Waals surface area contributed by atoms with E-state index in [1.165, 1.54) is 19.2 Å². The van der Waals surface area contributed by atoms with Gasteiger partial charge in [-0.25, -0.2) is 4.39 Å². The Hall–Kier alpha value is -2.36. The minimum atomic E-state index is -0.593. The number of carbonyl (C=O) groups is 1. The number of hydrogen-bond donors (Lipinski definition) is 0. The summed E-state index contributed by atoms with van der Waals surface area (Å²) in [6.07, 6.45) is 0. The van der Waals surface area contributed by atoms with E-state index in [1.807, 2.05) is 0 Å². The molecule has 0 aromatic heterocycles. The van der Waals surface area contributed by atoms with Gasteiger partial charge in [0.1, 0.15) is 17.3 Å². The quantitative estimate of drug-likeness (QED) is 0.802. The first kappa shape index (κ1) is 14.1. The van der Waals surface area contributed by atoms with E-state index >= 15 is 0 Å². The molecule has 0 amide bonds. The Morgan fingerprint density at radius 3 is 2.00 bits per heavy atom. The fraction of sp³-hybridized carbons (Fsp3) is 0.188. The summed E-state index contributed by atoms with van der Waals surface area (Å²) >= 11 is 0. The molecule has 20 heavy (non-hydrogen) atoms. The Morgan fingerprint density at radius 2 is 1.50 bits per heavy atom. The van der Waals surface area contributed by atoms with Crippen molar-refractivity contribution < 1.29 is 18.7 Å². The number of carbonyl (C=O) groups excluding carboxylic acids is 1. The third kappa shape index (κ3) is 2.64. The van der Waals surface area contributed by atoms with Gasteiger partial charge in [0.2, 0.25) is 0 Å². The van der Waals surface area contributed by atoms with Gasteiger partial charge in [-0.15, -0.1) is 0 Å². The van der Waals surface area contributed by atoms with Gasteiger partial charge in [-0.1, -0.05) is 0 Å². The smallest absolute Gasteiger partial charge is 0.196 e. The van der Waals surface area contributed by atoms with Crippen LogP contribution in [0.25, 0.3) is 0 Å². The van der Waals surface area contributed by atoms with E-state index in [4.69, 9.17) is 9.47 Å². The maximum absolute atomic E-state index is 13.9. The van der Waals surface area contributed by atoms with Gasteiger partial charge in [0.05, 0.1) is 19.8 Å². The topological polar surface area (TPSA) is 35.5 Å². The van der Waals surface area contributed by atoms with Crippen molar-refractivity contribution >= 4 is 5.78 Å². The summed E-state index contributed by atoms with van der Waals surface area (Å²) < 4.78 is 23.9. The average molecular weight is 274 g/mol. The van der Waals surface area contributed by atoms with E-state index in [2.05, 4.69) is 0 Å². The lowest BCUT2D eigenvalue weighted by Gasteiger charge is -2.09. The molecule has 3 nitrogen and oxygen atoms in total. The summed E-state index contributed by atoms with van der Waals surface area (Å²) in [5.41, 5.74) is 1.22. The van der Waals surface area contributed by atoms with Crippen LogP contribution in [0, 0.1) is 12.7 Å². The number of rotatable bonds is 4. The van der Waals surface area contributed by atoms with Crippen molar-refractivity contribution in [1.82, 2.24) is 0 Å². The molecule has 2 aromatic carbocycles. The molecule has 0 atom stereocenters. The van der Waals surface area contributed by atoms with Crippen LogP contribution in [-0.4, -0.2) is 20.0 Å². The fourth-order valence-corrected chi connectivity index (χ4v) is 1.97. The van der Waals surface area contributed by atoms with Crippen LogP contribution in [0.2, 0.25) is 0 Å². The Kier molecular flexibility index (Phi) is 4.03. The highest BCUT2D eigenvalue weighted by atomic mass is 19.1. The van der Waals surface area contributed by atoms with Gasteiger partial charge in [-0.2, -0.15) is 0 Å². The molecular formula is C16H15FO3. The van der Waals surface area contributed by atoms with Crippen molar-refractivity contribution in [2.45, 2.75) is 6.92 Å². The average Bonchev–Trinajstić information content (AvgIpc) is 2.46. The number of benzene rings is 2. The third-order valence-corrected chi connectivity index (χ3v) is 3.10. The van der Waals surface area contributed by atoms with E-state index in [-0.39, 0.29) is 11.3 Å². The van der Waals surface area contributed by atoms with Crippen molar-refractivity contribution in [1.29, 1.82) is 0 Å². The number of aryl methyl sites for hydroxylation is 1. The van der Waals surface area contributed by atoms with E-state index in [1.54, 1.807) is 38.3 Å². The molecule has 0 radical (unpaired) electrons. The Morgan fingerprint density at radius 1 is 0.950 bits per heavy atom.